The second-order valence-electron chi connectivity index (χ2n) is 18.2. The van der Waals surface area contributed by atoms with E-state index >= 15 is 0 Å². The van der Waals surface area contributed by atoms with Gasteiger partial charge in [0.15, 0.2) is 0 Å². The van der Waals surface area contributed by atoms with Crippen LogP contribution in [0.25, 0.3) is 94.8 Å². The van der Waals surface area contributed by atoms with Crippen LogP contribution in [0.15, 0.2) is 217 Å². The first-order valence-electron chi connectivity index (χ1n) is 24.3. The Balaban J connectivity index is 0.000000209. The zero-order valence-corrected chi connectivity index (χ0v) is 43.6. The van der Waals surface area contributed by atoms with E-state index in [1.165, 1.54) is 45.5 Å². The molecular formula is C66H49FIrN5O. The van der Waals surface area contributed by atoms with E-state index in [4.69, 9.17) is 9.40 Å². The van der Waals surface area contributed by atoms with E-state index in [1.54, 1.807) is 24.5 Å². The molecule has 6 nitrogen and oxygen atoms in total. The Morgan fingerprint density at radius 3 is 1.80 bits per heavy atom. The van der Waals surface area contributed by atoms with E-state index in [0.29, 0.717) is 16.7 Å². The van der Waals surface area contributed by atoms with Crippen LogP contribution in [0.2, 0.25) is 0 Å². The minimum absolute atomic E-state index is 0. The number of fused-ring (bicyclic) bond motifs is 4. The number of para-hydroxylation sites is 2. The molecule has 0 spiro atoms. The number of nitriles is 1. The van der Waals surface area contributed by atoms with Crippen molar-refractivity contribution in [2.45, 2.75) is 39.5 Å². The van der Waals surface area contributed by atoms with Gasteiger partial charge in [-0.05, 0) is 105 Å². The van der Waals surface area contributed by atoms with Crippen molar-refractivity contribution in [3.8, 4) is 67.9 Å². The predicted octanol–water partition coefficient (Wildman–Crippen LogP) is 17.1. The van der Waals surface area contributed by atoms with Crippen molar-refractivity contribution < 1.29 is 28.9 Å². The minimum Gasteiger partial charge on any atom is -0.500 e. The topological polar surface area (TPSA) is 80.5 Å². The smallest absolute Gasteiger partial charge is 0.500 e. The molecule has 0 saturated carbocycles. The Labute approximate surface area is 444 Å². The van der Waals surface area contributed by atoms with Crippen LogP contribution in [0.4, 0.5) is 4.39 Å². The summed E-state index contributed by atoms with van der Waals surface area (Å²) < 4.78 is 21.4. The molecule has 0 radical (unpaired) electrons. The van der Waals surface area contributed by atoms with Crippen LogP contribution >= 0.6 is 0 Å². The fourth-order valence-corrected chi connectivity index (χ4v) is 9.03. The summed E-state index contributed by atoms with van der Waals surface area (Å²) in [4.78, 5) is 13.6. The van der Waals surface area contributed by atoms with Crippen molar-refractivity contribution in [2.75, 3.05) is 0 Å². The van der Waals surface area contributed by atoms with Gasteiger partial charge in [0.1, 0.15) is 5.58 Å². The first-order valence-corrected chi connectivity index (χ1v) is 24.3. The summed E-state index contributed by atoms with van der Waals surface area (Å²) in [6, 6.07) is 77.4. The van der Waals surface area contributed by atoms with Crippen molar-refractivity contribution >= 4 is 33.0 Å². The maximum Gasteiger partial charge on any atom is 3.00 e. The molecule has 0 N–H and O–H groups in total. The third kappa shape index (κ3) is 10.8. The van der Waals surface area contributed by atoms with Gasteiger partial charge in [0.25, 0.3) is 0 Å². The van der Waals surface area contributed by atoms with Crippen LogP contribution < -0.4 is 0 Å². The first kappa shape index (κ1) is 50.3. The SMILES string of the molecule is CC(C)c1cc(-c2ccc(-c3ccccc3)cc2)cc(C(C)C)c1-n1c(-c2[c-]ccc3c2oc2cc(C#N)ccc23)nc2ccccc21.Fc1c[c-]c(-c2ccccn2)cc1.[Ir+3].[c-]1ccccc1-c1ccccn1. The van der Waals surface area contributed by atoms with E-state index in [2.05, 4.69) is 151 Å². The number of hydrogen-bond acceptors (Lipinski definition) is 5. The summed E-state index contributed by atoms with van der Waals surface area (Å²) in [5.74, 6) is 0.987. The van der Waals surface area contributed by atoms with Gasteiger partial charge in [-0.3, -0.25) is 9.37 Å². The molecule has 0 saturated heterocycles. The molecule has 0 bridgehead atoms. The molecule has 4 heterocycles. The molecule has 0 atom stereocenters. The van der Waals surface area contributed by atoms with Crippen molar-refractivity contribution in [1.29, 1.82) is 5.26 Å². The molecule has 0 aliphatic heterocycles. The molecule has 360 valence electrons. The molecule has 8 aromatic carbocycles. The van der Waals surface area contributed by atoms with Gasteiger partial charge >= 0.3 is 20.1 Å². The van der Waals surface area contributed by atoms with Crippen LogP contribution in [-0.2, 0) is 20.1 Å². The molecule has 0 aliphatic rings. The Morgan fingerprint density at radius 2 is 1.19 bits per heavy atom. The Kier molecular flexibility index (Phi) is 15.6. The molecule has 0 amide bonds. The normalized spacial score (nSPS) is 10.9. The number of imidazole rings is 1. The van der Waals surface area contributed by atoms with Gasteiger partial charge in [-0.25, -0.2) is 0 Å². The zero-order valence-electron chi connectivity index (χ0n) is 41.2. The van der Waals surface area contributed by atoms with Crippen molar-refractivity contribution in [2.24, 2.45) is 0 Å². The van der Waals surface area contributed by atoms with Gasteiger partial charge in [0, 0.05) is 29.3 Å². The van der Waals surface area contributed by atoms with Gasteiger partial charge in [0.05, 0.1) is 34.1 Å². The predicted molar refractivity (Wildman–Crippen MR) is 293 cm³/mol. The van der Waals surface area contributed by atoms with Crippen LogP contribution in [0.5, 0.6) is 0 Å². The zero-order chi connectivity index (χ0) is 50.3. The quantitative estimate of drug-likeness (QED) is 0.142. The molecule has 0 fully saturated rings. The number of furan rings is 1. The third-order valence-electron chi connectivity index (χ3n) is 12.7. The number of hydrogen-bond donors (Lipinski definition) is 0. The van der Waals surface area contributed by atoms with Gasteiger partial charge in [-0.2, -0.15) is 5.26 Å². The summed E-state index contributed by atoms with van der Waals surface area (Å²) in [6.07, 6.45) is 3.49. The maximum atomic E-state index is 12.6. The molecule has 0 aliphatic carbocycles. The number of benzene rings is 8. The molecule has 12 aromatic rings. The first-order chi connectivity index (χ1) is 35.7. The number of aromatic nitrogens is 4. The average molecular weight is 1140 g/mol. The molecule has 4 aromatic heterocycles. The standard InChI is InChI=1S/C44H34N3O.C11H7FN.C11H8N.Ir/c1-27(2)37-24-33(32-20-18-31(19-21-32)30-11-6-5-7-12-30)25-38(28(3)4)42(37)47-40-16-9-8-15-39(40)46-44(47)36-14-10-13-35-34-22-17-29(26-45)23-41(34)48-43(35)36;12-10-6-4-9(5-7-10)11-3-1-2-8-13-11;1-2-6-10(7-3-1)11-8-4-5-9-12-11;/h5-13,15-25,27-28H,1-4H3;1-4,6-8H;1-6,8-9H;/q3*-1;+3. The second-order valence-corrected chi connectivity index (χ2v) is 18.2. The van der Waals surface area contributed by atoms with E-state index in [9.17, 15) is 9.65 Å². The number of nitrogens with zero attached hydrogens (tertiary/aromatic N) is 5. The summed E-state index contributed by atoms with van der Waals surface area (Å²) in [6.45, 7) is 9.07. The number of rotatable bonds is 8. The number of halogens is 1. The van der Waals surface area contributed by atoms with E-state index in [-0.39, 0.29) is 37.8 Å². The fraction of sp³-hybridized carbons (Fsp3) is 0.0909. The summed E-state index contributed by atoms with van der Waals surface area (Å²) >= 11 is 0. The molecular weight excluding hydrogens is 1090 g/mol. The fourth-order valence-electron chi connectivity index (χ4n) is 9.03. The van der Waals surface area contributed by atoms with E-state index in [1.807, 2.05) is 91.0 Å². The average Bonchev–Trinajstić information content (AvgIpc) is 4.02. The minimum atomic E-state index is -0.278. The summed E-state index contributed by atoms with van der Waals surface area (Å²) in [7, 11) is 0. The van der Waals surface area contributed by atoms with Gasteiger partial charge < -0.3 is 19.0 Å². The van der Waals surface area contributed by atoms with Crippen LogP contribution in [0, 0.1) is 35.3 Å². The van der Waals surface area contributed by atoms with E-state index < -0.39 is 0 Å². The maximum absolute atomic E-state index is 12.6. The number of pyridine rings is 2. The van der Waals surface area contributed by atoms with Crippen LogP contribution in [-0.4, -0.2) is 19.5 Å². The van der Waals surface area contributed by atoms with Crippen molar-refractivity contribution in [3.63, 3.8) is 0 Å². The monoisotopic (exact) mass is 1140 g/mol. The van der Waals surface area contributed by atoms with Gasteiger partial charge in [-0.1, -0.05) is 136 Å². The molecule has 12 rings (SSSR count). The third-order valence-corrected chi connectivity index (χ3v) is 12.7. The Hall–Kier alpha value is -8.60. The molecule has 8 heteroatoms. The largest absolute Gasteiger partial charge is 3.00 e. The molecule has 0 unspecified atom stereocenters. The Morgan fingerprint density at radius 1 is 0.568 bits per heavy atom. The van der Waals surface area contributed by atoms with Crippen LogP contribution in [0.1, 0.15) is 56.2 Å². The second kappa shape index (κ2) is 22.9. The Bertz CT molecular complexity index is 3780. The van der Waals surface area contributed by atoms with Crippen molar-refractivity contribution in [3.05, 3.63) is 253 Å². The van der Waals surface area contributed by atoms with E-state index in [0.717, 1.165) is 61.4 Å². The summed E-state index contributed by atoms with van der Waals surface area (Å²) in [5.41, 5.74) is 16.8. The van der Waals surface area contributed by atoms with Crippen molar-refractivity contribution in [1.82, 2.24) is 19.5 Å². The van der Waals surface area contributed by atoms with Gasteiger partial charge in [-0.15, -0.1) is 83.9 Å². The summed E-state index contributed by atoms with van der Waals surface area (Å²) in [5, 5.41) is 11.5. The van der Waals surface area contributed by atoms with Gasteiger partial charge in [0.2, 0.25) is 0 Å². The molecule has 74 heavy (non-hydrogen) atoms. The van der Waals surface area contributed by atoms with Crippen LogP contribution in [0.3, 0.4) is 0 Å².